The fraction of sp³-hybridized carbons (Fsp3) is 0. The van der Waals surface area contributed by atoms with Gasteiger partial charge in [-0.3, -0.25) is 4.79 Å². The number of hydrogen-bond acceptors (Lipinski definition) is 4. The summed E-state index contributed by atoms with van der Waals surface area (Å²) in [5.41, 5.74) is 17.2. The van der Waals surface area contributed by atoms with Crippen molar-refractivity contribution >= 4 is 105 Å². The molecule has 12 aromatic carbocycles. The molecule has 0 bridgehead atoms. The van der Waals surface area contributed by atoms with E-state index in [0.29, 0.717) is 11.1 Å². The number of ether oxygens (including phenoxy) is 1. The van der Waals surface area contributed by atoms with Crippen molar-refractivity contribution in [1.29, 1.82) is 0 Å². The van der Waals surface area contributed by atoms with Gasteiger partial charge in [-0.2, -0.15) is 0 Å². The maximum Gasteiger partial charge on any atom is 0.193 e. The summed E-state index contributed by atoms with van der Waals surface area (Å²) in [4.78, 5) is 19.0. The van der Waals surface area contributed by atoms with E-state index < -0.39 is 0 Å². The van der Waals surface area contributed by atoms with Gasteiger partial charge in [0, 0.05) is 83.3 Å². The Labute approximate surface area is 460 Å². The molecule has 16 rings (SSSR count). The molecule has 15 aromatic rings. The van der Waals surface area contributed by atoms with Crippen LogP contribution in [0.1, 0.15) is 15.9 Å². The number of ketones is 1. The van der Waals surface area contributed by atoms with Crippen LogP contribution in [-0.2, 0) is 0 Å². The van der Waals surface area contributed by atoms with Crippen LogP contribution in [0.5, 0.6) is 11.5 Å². The minimum atomic E-state index is -0.0336. The van der Waals surface area contributed by atoms with E-state index in [1.807, 2.05) is 66.7 Å². The Hall–Kier alpha value is -10.9. The molecule has 0 saturated heterocycles. The number of nitrogens with zero attached hydrogens (tertiary/aromatic N) is 5. The van der Waals surface area contributed by atoms with Crippen molar-refractivity contribution in [2.24, 2.45) is 0 Å². The Bertz CT molecular complexity index is 4620. The summed E-state index contributed by atoms with van der Waals surface area (Å²) in [6.07, 6.45) is 0. The Balaban J connectivity index is 0.761. The molecule has 0 aliphatic carbocycles. The van der Waals surface area contributed by atoms with Gasteiger partial charge in [0.25, 0.3) is 0 Å². The molecule has 0 fully saturated rings. The zero-order valence-corrected chi connectivity index (χ0v) is 43.2. The molecule has 0 radical (unpaired) electrons. The monoisotopic (exact) mass is 1030 g/mol. The number of fused-ring (bicyclic) bond motifs is 11. The van der Waals surface area contributed by atoms with E-state index in [9.17, 15) is 4.79 Å². The number of benzene rings is 12. The number of carbonyl (C=O) groups is 1. The van der Waals surface area contributed by atoms with E-state index >= 15 is 0 Å². The number of aromatic nitrogens is 3. The molecule has 80 heavy (non-hydrogen) atoms. The van der Waals surface area contributed by atoms with Crippen LogP contribution in [0.3, 0.4) is 0 Å². The quantitative estimate of drug-likeness (QED) is 0.135. The van der Waals surface area contributed by atoms with E-state index in [1.165, 1.54) is 43.6 Å². The summed E-state index contributed by atoms with van der Waals surface area (Å²) < 4.78 is 13.3. The van der Waals surface area contributed by atoms with E-state index in [4.69, 9.17) is 4.74 Å². The van der Waals surface area contributed by atoms with E-state index in [2.05, 4.69) is 242 Å². The molecule has 0 N–H and O–H groups in total. The molecule has 1 aliphatic heterocycles. The second-order valence-electron chi connectivity index (χ2n) is 20.5. The molecule has 0 spiro atoms. The first kappa shape index (κ1) is 45.3. The van der Waals surface area contributed by atoms with E-state index in [-0.39, 0.29) is 5.78 Å². The third-order valence-corrected chi connectivity index (χ3v) is 16.0. The Morgan fingerprint density at radius 1 is 0.287 bits per heavy atom. The summed E-state index contributed by atoms with van der Waals surface area (Å²) in [5, 5.41) is 7.04. The van der Waals surface area contributed by atoms with E-state index in [1.54, 1.807) is 0 Å². The number of rotatable bonds is 9. The second kappa shape index (κ2) is 18.1. The van der Waals surface area contributed by atoms with Crippen LogP contribution in [-0.4, -0.2) is 19.5 Å². The van der Waals surface area contributed by atoms with Crippen molar-refractivity contribution in [2.75, 3.05) is 9.80 Å². The van der Waals surface area contributed by atoms with Crippen molar-refractivity contribution < 1.29 is 9.53 Å². The lowest BCUT2D eigenvalue weighted by Gasteiger charge is -2.32. The first-order valence-electron chi connectivity index (χ1n) is 27.0. The van der Waals surface area contributed by atoms with Gasteiger partial charge < -0.3 is 28.2 Å². The van der Waals surface area contributed by atoms with Crippen LogP contribution in [0.25, 0.3) is 82.5 Å². The van der Waals surface area contributed by atoms with Gasteiger partial charge in [0.1, 0.15) is 0 Å². The largest absolute Gasteiger partial charge is 0.453 e. The maximum atomic E-state index is 14.4. The highest BCUT2D eigenvalue weighted by atomic mass is 16.5. The normalized spacial score (nSPS) is 12.1. The standard InChI is InChI=1S/C73H47N5O2/c79-73(48-29-32-53(33-30-48)78-69-25-11-13-27-71(69)80-72-28-14-12-26-70(72)78)49-31-46-68-62(47-49)61-19-5-10-24-67(61)77(68)56-44-38-52(39-45-56)74(50-34-40-54(41-35-50)75-63-20-6-1-15-57(63)58-16-2-7-21-64(58)75)51-36-42-55(43-37-51)76-65-22-8-3-17-59(65)60-18-4-9-23-66(60)76/h1-47H. The molecular weight excluding hydrogens is 979 g/mol. The predicted molar refractivity (Wildman–Crippen MR) is 329 cm³/mol. The highest BCUT2D eigenvalue weighted by Crippen LogP contribution is 2.50. The van der Waals surface area contributed by atoms with E-state index in [0.717, 1.165) is 84.5 Å². The first-order valence-corrected chi connectivity index (χ1v) is 27.0. The maximum absolute atomic E-state index is 14.4. The van der Waals surface area contributed by atoms with Crippen LogP contribution < -0.4 is 14.5 Å². The molecule has 0 atom stereocenters. The van der Waals surface area contributed by atoms with Gasteiger partial charge in [0.2, 0.25) is 0 Å². The fourth-order valence-corrected chi connectivity index (χ4v) is 12.4. The number of carbonyl (C=O) groups excluding carboxylic acids is 1. The molecule has 7 nitrogen and oxygen atoms in total. The van der Waals surface area contributed by atoms with Crippen molar-refractivity contribution in [3.8, 4) is 28.6 Å². The lowest BCUT2D eigenvalue weighted by atomic mass is 10.0. The molecule has 376 valence electrons. The highest BCUT2D eigenvalue weighted by molar-refractivity contribution is 6.16. The molecule has 1 aliphatic rings. The van der Waals surface area contributed by atoms with Crippen molar-refractivity contribution in [3.63, 3.8) is 0 Å². The van der Waals surface area contributed by atoms with Gasteiger partial charge in [-0.05, 0) is 170 Å². The SMILES string of the molecule is O=C(c1ccc(N2c3ccccc3Oc3ccccc32)cc1)c1ccc2c(c1)c1ccccc1n2-c1ccc(N(c2ccc(-n3c4ccccc4c4ccccc43)cc2)c2ccc(-n3c4ccccc4c4ccccc43)cc2)cc1. The Kier molecular flexibility index (Phi) is 10.3. The van der Waals surface area contributed by atoms with Crippen molar-refractivity contribution in [2.45, 2.75) is 0 Å². The van der Waals surface area contributed by atoms with Crippen molar-refractivity contribution in [3.05, 3.63) is 296 Å². The van der Waals surface area contributed by atoms with Gasteiger partial charge >= 0.3 is 0 Å². The third kappa shape index (κ3) is 7.11. The molecule has 0 amide bonds. The molecule has 7 heteroatoms. The lowest BCUT2D eigenvalue weighted by Crippen LogP contribution is -2.15. The molecule has 0 saturated carbocycles. The third-order valence-electron chi connectivity index (χ3n) is 16.0. The molecule has 4 heterocycles. The Morgan fingerprint density at radius 2 is 0.600 bits per heavy atom. The fourth-order valence-electron chi connectivity index (χ4n) is 12.4. The minimum absolute atomic E-state index is 0.0336. The first-order chi connectivity index (χ1) is 39.6. The summed E-state index contributed by atoms with van der Waals surface area (Å²) in [6.45, 7) is 0. The van der Waals surface area contributed by atoms with Gasteiger partial charge in [0.05, 0.1) is 44.5 Å². The van der Waals surface area contributed by atoms with Crippen LogP contribution in [0, 0.1) is 0 Å². The van der Waals surface area contributed by atoms with Crippen molar-refractivity contribution in [1.82, 2.24) is 13.7 Å². The number of para-hydroxylation sites is 9. The zero-order chi connectivity index (χ0) is 52.8. The topological polar surface area (TPSA) is 47.6 Å². The van der Waals surface area contributed by atoms with Gasteiger partial charge in [-0.15, -0.1) is 0 Å². The van der Waals surface area contributed by atoms with Crippen LogP contribution in [0.4, 0.5) is 34.1 Å². The summed E-state index contributed by atoms with van der Waals surface area (Å²) in [6, 6.07) is 99.8. The summed E-state index contributed by atoms with van der Waals surface area (Å²) >= 11 is 0. The zero-order valence-electron chi connectivity index (χ0n) is 43.2. The van der Waals surface area contributed by atoms with Crippen LogP contribution >= 0.6 is 0 Å². The van der Waals surface area contributed by atoms with Gasteiger partial charge in [-0.25, -0.2) is 0 Å². The average molecular weight is 1030 g/mol. The minimum Gasteiger partial charge on any atom is -0.453 e. The molecule has 3 aromatic heterocycles. The summed E-state index contributed by atoms with van der Waals surface area (Å²) in [7, 11) is 0. The highest BCUT2D eigenvalue weighted by Gasteiger charge is 2.26. The van der Waals surface area contributed by atoms with Crippen LogP contribution in [0.15, 0.2) is 285 Å². The smallest absolute Gasteiger partial charge is 0.193 e. The van der Waals surface area contributed by atoms with Gasteiger partial charge in [-0.1, -0.05) is 115 Å². The average Bonchev–Trinajstić information content (AvgIpc) is 4.18. The lowest BCUT2D eigenvalue weighted by molar-refractivity contribution is 0.103. The van der Waals surface area contributed by atoms with Crippen LogP contribution in [0.2, 0.25) is 0 Å². The molecular formula is C73H47N5O2. The molecule has 0 unspecified atom stereocenters. The predicted octanol–water partition coefficient (Wildman–Crippen LogP) is 19.3. The summed E-state index contributed by atoms with van der Waals surface area (Å²) in [5.74, 6) is 1.54. The van der Waals surface area contributed by atoms with Gasteiger partial charge in [0.15, 0.2) is 17.3 Å². The Morgan fingerprint density at radius 3 is 1.00 bits per heavy atom. The number of hydrogen-bond donors (Lipinski definition) is 0. The number of anilines is 6. The second-order valence-corrected chi connectivity index (χ2v) is 20.5.